The molecule has 1 saturated heterocycles. The number of nitrogens with one attached hydrogen (secondary N) is 1. The summed E-state index contributed by atoms with van der Waals surface area (Å²) < 4.78 is 68.9. The van der Waals surface area contributed by atoms with Crippen molar-refractivity contribution in [2.75, 3.05) is 45.8 Å². The molecular formula is C23H26F4N8O2. The van der Waals surface area contributed by atoms with Crippen LogP contribution in [0.3, 0.4) is 0 Å². The molecule has 0 radical (unpaired) electrons. The van der Waals surface area contributed by atoms with Gasteiger partial charge in [-0.1, -0.05) is 11.3 Å². The lowest BCUT2D eigenvalue weighted by Crippen LogP contribution is -2.48. The first-order chi connectivity index (χ1) is 17.9. The molecule has 4 aromatic rings. The van der Waals surface area contributed by atoms with Gasteiger partial charge in [-0.25, -0.2) is 26.8 Å². The van der Waals surface area contributed by atoms with Gasteiger partial charge in [0.2, 0.25) is 11.8 Å². The number of alkyl halides is 3. The standard InChI is InChI=1S/C23H26F4N8O2/c1-36-8-7-33-6-5-16(14(24)10-33)28-23-29-22(37-2)21-20(15(25)11-35(21)31-23)13-3-4-17-18(9-13)34(32-30-17)12-19(26)27/h3-4,9,11,14,16,19H,5-8,10,12H2,1-2H3,(H,28,31)/t14-,16+/m1/s1. The number of hydrogen-bond donors (Lipinski definition) is 1. The lowest BCUT2D eigenvalue weighted by Gasteiger charge is -2.34. The van der Waals surface area contributed by atoms with Crippen LogP contribution in [-0.2, 0) is 11.3 Å². The summed E-state index contributed by atoms with van der Waals surface area (Å²) >= 11 is 0. The van der Waals surface area contributed by atoms with Crippen molar-refractivity contribution in [1.82, 2.24) is 34.5 Å². The molecule has 1 aromatic carbocycles. The first-order valence-corrected chi connectivity index (χ1v) is 11.7. The van der Waals surface area contributed by atoms with Gasteiger partial charge in [0.1, 0.15) is 23.7 Å². The van der Waals surface area contributed by atoms with E-state index in [0.717, 1.165) is 4.68 Å². The highest BCUT2D eigenvalue weighted by Gasteiger charge is 2.30. The van der Waals surface area contributed by atoms with Gasteiger partial charge in [-0.15, -0.1) is 10.2 Å². The highest BCUT2D eigenvalue weighted by atomic mass is 19.3. The monoisotopic (exact) mass is 522 g/mol. The summed E-state index contributed by atoms with van der Waals surface area (Å²) in [4.78, 5) is 6.35. The summed E-state index contributed by atoms with van der Waals surface area (Å²) in [5, 5.41) is 15.0. The molecule has 1 aliphatic rings. The van der Waals surface area contributed by atoms with Crippen LogP contribution in [0.5, 0.6) is 5.88 Å². The number of rotatable bonds is 9. The molecule has 0 bridgehead atoms. The number of anilines is 1. The van der Waals surface area contributed by atoms with E-state index < -0.39 is 31.0 Å². The van der Waals surface area contributed by atoms with E-state index in [4.69, 9.17) is 9.47 Å². The zero-order valence-electron chi connectivity index (χ0n) is 20.2. The third kappa shape index (κ3) is 5.03. The highest BCUT2D eigenvalue weighted by molar-refractivity contribution is 5.89. The van der Waals surface area contributed by atoms with Crippen molar-refractivity contribution in [3.8, 4) is 17.0 Å². The SMILES string of the molecule is COCCN1CC[C@H](Nc2nc(OC)c3c(-c4ccc5nnn(CC(F)F)c5c4)c(F)cn3n2)[C@H](F)C1. The van der Waals surface area contributed by atoms with E-state index in [1.165, 1.54) is 23.9 Å². The fraction of sp³-hybridized carbons (Fsp3) is 0.478. The number of methoxy groups -OCH3 is 2. The van der Waals surface area contributed by atoms with Crippen LogP contribution in [0, 0.1) is 5.82 Å². The molecule has 3 aromatic heterocycles. The minimum atomic E-state index is -2.62. The largest absolute Gasteiger partial charge is 0.479 e. The molecule has 14 heteroatoms. The average Bonchev–Trinajstić information content (AvgIpc) is 3.42. The van der Waals surface area contributed by atoms with E-state index in [0.29, 0.717) is 42.7 Å². The van der Waals surface area contributed by atoms with Crippen LogP contribution in [0.4, 0.5) is 23.5 Å². The minimum Gasteiger partial charge on any atom is -0.479 e. The van der Waals surface area contributed by atoms with E-state index in [9.17, 15) is 13.2 Å². The van der Waals surface area contributed by atoms with Crippen LogP contribution in [0.25, 0.3) is 27.7 Å². The maximum atomic E-state index is 15.2. The number of piperidine rings is 1. The lowest BCUT2D eigenvalue weighted by molar-refractivity contribution is 0.0918. The van der Waals surface area contributed by atoms with Crippen LogP contribution in [0.1, 0.15) is 6.42 Å². The van der Waals surface area contributed by atoms with E-state index in [-0.39, 0.29) is 29.5 Å². The molecule has 0 unspecified atom stereocenters. The van der Waals surface area contributed by atoms with Gasteiger partial charge in [0.15, 0.2) is 5.82 Å². The Balaban J connectivity index is 1.46. The van der Waals surface area contributed by atoms with Gasteiger partial charge in [0.05, 0.1) is 37.0 Å². The second-order valence-corrected chi connectivity index (χ2v) is 8.80. The van der Waals surface area contributed by atoms with E-state index in [2.05, 4.69) is 25.7 Å². The number of benzene rings is 1. The Labute approximate surface area is 209 Å². The summed E-state index contributed by atoms with van der Waals surface area (Å²) in [6, 6.07) is 4.20. The summed E-state index contributed by atoms with van der Waals surface area (Å²) in [6.07, 6.45) is -2.09. The molecule has 0 saturated carbocycles. The fourth-order valence-corrected chi connectivity index (χ4v) is 4.61. The third-order valence-electron chi connectivity index (χ3n) is 6.41. The zero-order valence-corrected chi connectivity index (χ0v) is 20.2. The van der Waals surface area contributed by atoms with Gasteiger partial charge in [-0.05, 0) is 24.1 Å². The van der Waals surface area contributed by atoms with Crippen LogP contribution >= 0.6 is 0 Å². The quantitative estimate of drug-likeness (QED) is 0.336. The van der Waals surface area contributed by atoms with Crippen molar-refractivity contribution in [3.63, 3.8) is 0 Å². The smallest absolute Gasteiger partial charge is 0.258 e. The van der Waals surface area contributed by atoms with Gasteiger partial charge < -0.3 is 14.8 Å². The fourth-order valence-electron chi connectivity index (χ4n) is 4.61. The molecule has 4 heterocycles. The lowest BCUT2D eigenvalue weighted by atomic mass is 10.0. The molecule has 1 N–H and O–H groups in total. The Morgan fingerprint density at radius 2 is 2.08 bits per heavy atom. The van der Waals surface area contributed by atoms with E-state index >= 15 is 4.39 Å². The third-order valence-corrected chi connectivity index (χ3v) is 6.41. The highest BCUT2D eigenvalue weighted by Crippen LogP contribution is 2.35. The Morgan fingerprint density at radius 3 is 2.81 bits per heavy atom. The number of nitrogens with zero attached hydrogens (tertiary/aromatic N) is 7. The Bertz CT molecular complexity index is 1390. The summed E-state index contributed by atoms with van der Waals surface area (Å²) in [5.41, 5.74) is 1.49. The molecule has 0 aliphatic carbocycles. The predicted octanol–water partition coefficient (Wildman–Crippen LogP) is 3.02. The summed E-state index contributed by atoms with van der Waals surface area (Å²) in [6.45, 7) is 1.48. The van der Waals surface area contributed by atoms with E-state index in [1.54, 1.807) is 19.2 Å². The second kappa shape index (κ2) is 10.5. The number of fused-ring (bicyclic) bond motifs is 2. The zero-order chi connectivity index (χ0) is 26.1. The van der Waals surface area contributed by atoms with Crippen molar-refractivity contribution >= 4 is 22.5 Å². The maximum absolute atomic E-state index is 15.2. The molecule has 0 spiro atoms. The number of halogens is 4. The van der Waals surface area contributed by atoms with Crippen LogP contribution in [-0.4, -0.2) is 93.6 Å². The molecule has 0 amide bonds. The number of likely N-dealkylation sites (tertiary alicyclic amines) is 1. The van der Waals surface area contributed by atoms with Gasteiger partial charge in [0, 0.05) is 26.7 Å². The van der Waals surface area contributed by atoms with Crippen molar-refractivity contribution in [1.29, 1.82) is 0 Å². The molecule has 1 aliphatic heterocycles. The Morgan fingerprint density at radius 1 is 1.24 bits per heavy atom. The molecule has 198 valence electrons. The normalized spacial score (nSPS) is 18.8. The van der Waals surface area contributed by atoms with Crippen molar-refractivity contribution < 1.29 is 27.0 Å². The van der Waals surface area contributed by atoms with Crippen molar-refractivity contribution in [2.24, 2.45) is 0 Å². The number of ether oxygens (including phenoxy) is 2. The number of hydrogen-bond acceptors (Lipinski definition) is 8. The van der Waals surface area contributed by atoms with Gasteiger partial charge in [-0.3, -0.25) is 4.90 Å². The molecule has 37 heavy (non-hydrogen) atoms. The second-order valence-electron chi connectivity index (χ2n) is 8.80. The topological polar surface area (TPSA) is 94.6 Å². The molecule has 10 nitrogen and oxygen atoms in total. The van der Waals surface area contributed by atoms with Gasteiger partial charge >= 0.3 is 0 Å². The van der Waals surface area contributed by atoms with Crippen LogP contribution in [0.15, 0.2) is 24.4 Å². The van der Waals surface area contributed by atoms with Gasteiger partial charge in [-0.2, -0.15) is 4.98 Å². The Hall–Kier alpha value is -3.52. The van der Waals surface area contributed by atoms with Crippen LogP contribution < -0.4 is 10.1 Å². The summed E-state index contributed by atoms with van der Waals surface area (Å²) in [5.74, 6) is -0.450. The molecular weight excluding hydrogens is 496 g/mol. The molecule has 5 rings (SSSR count). The first-order valence-electron chi connectivity index (χ1n) is 11.7. The van der Waals surface area contributed by atoms with Crippen molar-refractivity contribution in [2.45, 2.75) is 31.6 Å². The van der Waals surface area contributed by atoms with Crippen molar-refractivity contribution in [3.05, 3.63) is 30.2 Å². The predicted molar refractivity (Wildman–Crippen MR) is 127 cm³/mol. The van der Waals surface area contributed by atoms with Gasteiger partial charge in [0.25, 0.3) is 6.43 Å². The minimum absolute atomic E-state index is 0.0728. The number of aromatic nitrogens is 6. The summed E-state index contributed by atoms with van der Waals surface area (Å²) in [7, 11) is 2.99. The molecule has 2 atom stereocenters. The van der Waals surface area contributed by atoms with E-state index in [1.807, 2.05) is 4.90 Å². The Kier molecular flexibility index (Phi) is 7.11. The first kappa shape index (κ1) is 25.1. The average molecular weight is 523 g/mol. The molecule has 1 fully saturated rings. The maximum Gasteiger partial charge on any atom is 0.258 e. The van der Waals surface area contributed by atoms with Crippen LogP contribution in [0.2, 0.25) is 0 Å².